The summed E-state index contributed by atoms with van der Waals surface area (Å²) in [4.78, 5) is 8.51. The molecule has 0 bridgehead atoms. The fourth-order valence-electron chi connectivity index (χ4n) is 2.26. The Labute approximate surface area is 134 Å². The molecule has 0 atom stereocenters. The Morgan fingerprint density at radius 2 is 1.83 bits per heavy atom. The summed E-state index contributed by atoms with van der Waals surface area (Å²) in [7, 11) is 3.46. The maximum Gasteiger partial charge on any atom is 0.135 e. The first-order chi connectivity index (χ1) is 11.2. The molecule has 1 aromatic carbocycles. The second-order valence-corrected chi connectivity index (χ2v) is 4.90. The third kappa shape index (κ3) is 3.01. The SMILES string of the molecule is CNc1ncc(C#Cc2ccc(OC)cc2)c2cc(N)ncc12. The molecule has 5 nitrogen and oxygen atoms in total. The average molecular weight is 304 g/mol. The van der Waals surface area contributed by atoms with Crippen LogP contribution >= 0.6 is 0 Å². The Hall–Kier alpha value is -3.26. The minimum Gasteiger partial charge on any atom is -0.497 e. The van der Waals surface area contributed by atoms with Gasteiger partial charge in [-0.05, 0) is 30.3 Å². The number of nitrogens with two attached hydrogens (primary N) is 1. The molecule has 23 heavy (non-hydrogen) atoms. The second kappa shape index (κ2) is 6.24. The number of anilines is 2. The van der Waals surface area contributed by atoms with Crippen molar-refractivity contribution in [3.05, 3.63) is 53.9 Å². The number of benzene rings is 1. The van der Waals surface area contributed by atoms with E-state index in [1.54, 1.807) is 19.5 Å². The number of nitrogens with zero attached hydrogens (tertiary/aromatic N) is 2. The van der Waals surface area contributed by atoms with Gasteiger partial charge in [-0.1, -0.05) is 11.8 Å². The molecule has 0 fully saturated rings. The highest BCUT2D eigenvalue weighted by atomic mass is 16.5. The molecular weight excluding hydrogens is 288 g/mol. The molecule has 2 heterocycles. The number of rotatable bonds is 2. The molecule has 2 aromatic heterocycles. The summed E-state index contributed by atoms with van der Waals surface area (Å²) in [6.45, 7) is 0. The molecule has 114 valence electrons. The van der Waals surface area contributed by atoms with Crippen molar-refractivity contribution in [1.29, 1.82) is 0 Å². The van der Waals surface area contributed by atoms with E-state index in [0.717, 1.165) is 33.5 Å². The maximum atomic E-state index is 5.81. The summed E-state index contributed by atoms with van der Waals surface area (Å²) in [5.74, 6) is 8.30. The lowest BCUT2D eigenvalue weighted by Gasteiger charge is -2.06. The van der Waals surface area contributed by atoms with E-state index in [4.69, 9.17) is 10.5 Å². The van der Waals surface area contributed by atoms with Gasteiger partial charge in [0.05, 0.1) is 12.7 Å². The fourth-order valence-corrected chi connectivity index (χ4v) is 2.26. The Balaban J connectivity index is 2.06. The van der Waals surface area contributed by atoms with E-state index >= 15 is 0 Å². The number of nitrogens with one attached hydrogen (secondary N) is 1. The fraction of sp³-hybridized carbons (Fsp3) is 0.111. The van der Waals surface area contributed by atoms with Crippen molar-refractivity contribution in [3.63, 3.8) is 0 Å². The van der Waals surface area contributed by atoms with E-state index in [9.17, 15) is 0 Å². The minimum atomic E-state index is 0.457. The van der Waals surface area contributed by atoms with Crippen molar-refractivity contribution in [2.45, 2.75) is 0 Å². The molecule has 5 heteroatoms. The largest absolute Gasteiger partial charge is 0.497 e. The van der Waals surface area contributed by atoms with Crippen molar-refractivity contribution in [2.24, 2.45) is 0 Å². The molecule has 0 saturated carbocycles. The first-order valence-electron chi connectivity index (χ1n) is 7.09. The number of methoxy groups -OCH3 is 1. The van der Waals surface area contributed by atoms with Crippen LogP contribution in [0.15, 0.2) is 42.7 Å². The maximum absolute atomic E-state index is 5.81. The Bertz CT molecular complexity index is 908. The average Bonchev–Trinajstić information content (AvgIpc) is 2.60. The van der Waals surface area contributed by atoms with Gasteiger partial charge in [0.15, 0.2) is 0 Å². The standard InChI is InChI=1S/C18H16N4O/c1-20-18-16-11-21-17(19)9-15(16)13(10-22-18)6-3-12-4-7-14(23-2)8-5-12/h4-5,7-11H,1-2H3,(H2,19,21)(H,20,22). The summed E-state index contributed by atoms with van der Waals surface area (Å²) in [5, 5.41) is 4.87. The zero-order valence-electron chi connectivity index (χ0n) is 12.9. The van der Waals surface area contributed by atoms with E-state index in [2.05, 4.69) is 27.1 Å². The van der Waals surface area contributed by atoms with Crippen molar-refractivity contribution in [2.75, 3.05) is 25.2 Å². The van der Waals surface area contributed by atoms with Crippen LogP contribution in [0.2, 0.25) is 0 Å². The molecule has 0 aliphatic rings. The second-order valence-electron chi connectivity index (χ2n) is 4.90. The van der Waals surface area contributed by atoms with E-state index < -0.39 is 0 Å². The molecular formula is C18H16N4O. The van der Waals surface area contributed by atoms with Crippen LogP contribution in [0.1, 0.15) is 11.1 Å². The zero-order valence-corrected chi connectivity index (χ0v) is 12.9. The van der Waals surface area contributed by atoms with Crippen LogP contribution in [0.25, 0.3) is 10.8 Å². The molecule has 0 aliphatic carbocycles. The van der Waals surface area contributed by atoms with Crippen LogP contribution in [0.3, 0.4) is 0 Å². The monoisotopic (exact) mass is 304 g/mol. The lowest BCUT2D eigenvalue weighted by Crippen LogP contribution is -1.97. The van der Waals surface area contributed by atoms with E-state index in [1.807, 2.05) is 37.4 Å². The summed E-state index contributed by atoms with van der Waals surface area (Å²) < 4.78 is 5.14. The quantitative estimate of drug-likeness (QED) is 0.712. The van der Waals surface area contributed by atoms with Crippen molar-refractivity contribution < 1.29 is 4.74 Å². The molecule has 3 rings (SSSR count). The van der Waals surface area contributed by atoms with Crippen LogP contribution < -0.4 is 15.8 Å². The molecule has 0 aliphatic heterocycles. The van der Waals surface area contributed by atoms with Gasteiger partial charge >= 0.3 is 0 Å². The molecule has 0 radical (unpaired) electrons. The summed E-state index contributed by atoms with van der Waals surface area (Å²) in [5.41, 5.74) is 7.52. The normalized spacial score (nSPS) is 10.0. The highest BCUT2D eigenvalue weighted by Crippen LogP contribution is 2.24. The number of aromatic nitrogens is 2. The molecule has 0 unspecified atom stereocenters. The number of ether oxygens (including phenoxy) is 1. The van der Waals surface area contributed by atoms with Crippen LogP contribution in [-0.4, -0.2) is 24.1 Å². The van der Waals surface area contributed by atoms with Crippen LogP contribution in [0.4, 0.5) is 11.6 Å². The van der Waals surface area contributed by atoms with Gasteiger partial charge in [-0.3, -0.25) is 0 Å². The van der Waals surface area contributed by atoms with Gasteiger partial charge in [0.2, 0.25) is 0 Å². The van der Waals surface area contributed by atoms with E-state index in [0.29, 0.717) is 5.82 Å². The molecule has 0 amide bonds. The summed E-state index contributed by atoms with van der Waals surface area (Å²) in [6, 6.07) is 9.41. The van der Waals surface area contributed by atoms with E-state index in [-0.39, 0.29) is 0 Å². The Kier molecular flexibility index (Phi) is 3.98. The predicted octanol–water partition coefficient (Wildman–Crippen LogP) is 2.66. The Morgan fingerprint density at radius 1 is 1.04 bits per heavy atom. The highest BCUT2D eigenvalue weighted by Gasteiger charge is 2.06. The lowest BCUT2D eigenvalue weighted by atomic mass is 10.1. The van der Waals surface area contributed by atoms with Gasteiger partial charge < -0.3 is 15.8 Å². The first kappa shape index (κ1) is 14.7. The Morgan fingerprint density at radius 3 is 2.52 bits per heavy atom. The van der Waals surface area contributed by atoms with E-state index in [1.165, 1.54) is 0 Å². The third-order valence-electron chi connectivity index (χ3n) is 3.46. The van der Waals surface area contributed by atoms with Gasteiger partial charge in [0, 0.05) is 35.8 Å². The molecule has 3 N–H and O–H groups in total. The van der Waals surface area contributed by atoms with Crippen LogP contribution in [-0.2, 0) is 0 Å². The van der Waals surface area contributed by atoms with Crippen LogP contribution in [0.5, 0.6) is 5.75 Å². The molecule has 0 spiro atoms. The van der Waals surface area contributed by atoms with Crippen LogP contribution in [0, 0.1) is 11.8 Å². The van der Waals surface area contributed by atoms with Crippen molar-refractivity contribution in [3.8, 4) is 17.6 Å². The third-order valence-corrected chi connectivity index (χ3v) is 3.46. The zero-order chi connectivity index (χ0) is 16.2. The lowest BCUT2D eigenvalue weighted by molar-refractivity contribution is 0.415. The number of nitrogen functional groups attached to an aromatic ring is 1. The topological polar surface area (TPSA) is 73.1 Å². The smallest absolute Gasteiger partial charge is 0.135 e. The number of fused-ring (bicyclic) bond motifs is 1. The van der Waals surface area contributed by atoms with Gasteiger partial charge in [0.1, 0.15) is 17.4 Å². The van der Waals surface area contributed by atoms with Crippen molar-refractivity contribution in [1.82, 2.24) is 9.97 Å². The predicted molar refractivity (Wildman–Crippen MR) is 92.5 cm³/mol. The van der Waals surface area contributed by atoms with Gasteiger partial charge in [-0.15, -0.1) is 0 Å². The molecule has 0 saturated heterocycles. The first-order valence-corrected chi connectivity index (χ1v) is 7.09. The summed E-state index contributed by atoms with van der Waals surface area (Å²) in [6.07, 6.45) is 3.45. The van der Waals surface area contributed by atoms with Gasteiger partial charge in [-0.2, -0.15) is 0 Å². The number of hydrogen-bond acceptors (Lipinski definition) is 5. The number of hydrogen-bond donors (Lipinski definition) is 2. The van der Waals surface area contributed by atoms with Gasteiger partial charge in [-0.25, -0.2) is 9.97 Å². The van der Waals surface area contributed by atoms with Crippen molar-refractivity contribution >= 4 is 22.4 Å². The highest BCUT2D eigenvalue weighted by molar-refractivity contribution is 5.96. The minimum absolute atomic E-state index is 0.457. The summed E-state index contributed by atoms with van der Waals surface area (Å²) >= 11 is 0. The number of pyridine rings is 2. The van der Waals surface area contributed by atoms with Gasteiger partial charge in [0.25, 0.3) is 0 Å². The molecule has 3 aromatic rings.